The Kier molecular flexibility index (Phi) is 5.85. The molecule has 0 amide bonds. The minimum absolute atomic E-state index is 0.216. The summed E-state index contributed by atoms with van der Waals surface area (Å²) in [4.78, 5) is 17.8. The summed E-state index contributed by atoms with van der Waals surface area (Å²) in [6.07, 6.45) is 0. The maximum Gasteiger partial charge on any atom is 0.339 e. The van der Waals surface area contributed by atoms with Crippen LogP contribution in [0.4, 0.5) is 0 Å². The van der Waals surface area contributed by atoms with E-state index in [0.717, 1.165) is 27.6 Å². The standard InChI is InChI=1S/C26H23NO4/c1-17-8-4-5-9-19(17)16-31-26(28)21-15-23(27-22-11-7-6-10-20(21)22)18-12-13-24(29-2)25(14-18)30-3/h4-15H,16H2,1-3H3. The van der Waals surface area contributed by atoms with Crippen LogP contribution in [0, 0.1) is 6.92 Å². The van der Waals surface area contributed by atoms with Gasteiger partial charge in [0, 0.05) is 10.9 Å². The van der Waals surface area contributed by atoms with Gasteiger partial charge in [-0.3, -0.25) is 0 Å². The lowest BCUT2D eigenvalue weighted by Crippen LogP contribution is -2.08. The number of nitrogens with zero attached hydrogens (tertiary/aromatic N) is 1. The third-order valence-electron chi connectivity index (χ3n) is 5.24. The molecule has 4 rings (SSSR count). The number of methoxy groups -OCH3 is 2. The minimum atomic E-state index is -0.386. The number of carbonyl (C=O) groups excluding carboxylic acids is 1. The van der Waals surface area contributed by atoms with E-state index in [-0.39, 0.29) is 12.6 Å². The first-order valence-corrected chi connectivity index (χ1v) is 9.94. The van der Waals surface area contributed by atoms with Gasteiger partial charge in [0.15, 0.2) is 11.5 Å². The number of fused-ring (bicyclic) bond motifs is 1. The lowest BCUT2D eigenvalue weighted by molar-refractivity contribution is 0.0474. The second-order valence-corrected chi connectivity index (χ2v) is 7.14. The van der Waals surface area contributed by atoms with E-state index in [9.17, 15) is 4.79 Å². The van der Waals surface area contributed by atoms with Gasteiger partial charge in [0.05, 0.1) is 31.0 Å². The molecule has 3 aromatic carbocycles. The topological polar surface area (TPSA) is 57.7 Å². The van der Waals surface area contributed by atoms with Crippen LogP contribution < -0.4 is 9.47 Å². The Balaban J connectivity index is 1.73. The number of pyridine rings is 1. The van der Waals surface area contributed by atoms with Crippen molar-refractivity contribution in [3.05, 3.63) is 89.5 Å². The van der Waals surface area contributed by atoms with Crippen LogP contribution in [0.2, 0.25) is 0 Å². The van der Waals surface area contributed by atoms with Crippen LogP contribution in [0.5, 0.6) is 11.5 Å². The maximum atomic E-state index is 13.1. The van der Waals surface area contributed by atoms with Gasteiger partial charge in [-0.05, 0) is 48.4 Å². The minimum Gasteiger partial charge on any atom is -0.493 e. The Hall–Kier alpha value is -3.86. The second-order valence-electron chi connectivity index (χ2n) is 7.14. The maximum absolute atomic E-state index is 13.1. The van der Waals surface area contributed by atoms with Crippen LogP contribution in [0.3, 0.4) is 0 Å². The van der Waals surface area contributed by atoms with E-state index in [2.05, 4.69) is 0 Å². The molecule has 4 aromatic rings. The number of hydrogen-bond donors (Lipinski definition) is 0. The first kappa shape index (κ1) is 20.4. The van der Waals surface area contributed by atoms with E-state index >= 15 is 0 Å². The SMILES string of the molecule is COc1ccc(-c2cc(C(=O)OCc3ccccc3C)c3ccccc3n2)cc1OC. The lowest BCUT2D eigenvalue weighted by Gasteiger charge is -2.12. The molecule has 156 valence electrons. The molecule has 0 unspecified atom stereocenters. The molecular formula is C26H23NO4. The van der Waals surface area contributed by atoms with Crippen LogP contribution in [-0.2, 0) is 11.3 Å². The summed E-state index contributed by atoms with van der Waals surface area (Å²) >= 11 is 0. The van der Waals surface area contributed by atoms with Crippen LogP contribution in [0.15, 0.2) is 72.8 Å². The van der Waals surface area contributed by atoms with Crippen molar-refractivity contribution < 1.29 is 19.0 Å². The van der Waals surface area contributed by atoms with Crippen LogP contribution in [0.25, 0.3) is 22.2 Å². The zero-order valence-corrected chi connectivity index (χ0v) is 17.7. The molecule has 0 spiro atoms. The molecule has 0 fully saturated rings. The summed E-state index contributed by atoms with van der Waals surface area (Å²) in [6.45, 7) is 2.22. The highest BCUT2D eigenvalue weighted by molar-refractivity contribution is 6.04. The second kappa shape index (κ2) is 8.88. The van der Waals surface area contributed by atoms with Crippen molar-refractivity contribution in [3.63, 3.8) is 0 Å². The van der Waals surface area contributed by atoms with E-state index in [0.29, 0.717) is 22.8 Å². The fourth-order valence-corrected chi connectivity index (χ4v) is 3.48. The molecule has 0 aliphatic carbocycles. The first-order valence-electron chi connectivity index (χ1n) is 9.94. The molecule has 0 saturated heterocycles. The molecule has 0 bridgehead atoms. The van der Waals surface area contributed by atoms with Crippen molar-refractivity contribution in [2.75, 3.05) is 14.2 Å². The number of benzene rings is 3. The Bertz CT molecular complexity index is 1250. The van der Waals surface area contributed by atoms with E-state index in [1.54, 1.807) is 20.3 Å². The van der Waals surface area contributed by atoms with E-state index in [4.69, 9.17) is 19.2 Å². The van der Waals surface area contributed by atoms with Crippen molar-refractivity contribution >= 4 is 16.9 Å². The van der Waals surface area contributed by atoms with Gasteiger partial charge in [-0.1, -0.05) is 42.5 Å². The van der Waals surface area contributed by atoms with Crippen molar-refractivity contribution in [1.82, 2.24) is 4.98 Å². The third kappa shape index (κ3) is 4.21. The molecular weight excluding hydrogens is 390 g/mol. The zero-order valence-electron chi connectivity index (χ0n) is 17.7. The Labute approximate surface area is 181 Å². The summed E-state index contributed by atoms with van der Waals surface area (Å²) < 4.78 is 16.4. The number of aromatic nitrogens is 1. The zero-order chi connectivity index (χ0) is 21.8. The van der Waals surface area contributed by atoms with Crippen molar-refractivity contribution in [2.45, 2.75) is 13.5 Å². The van der Waals surface area contributed by atoms with Gasteiger partial charge >= 0.3 is 5.97 Å². The van der Waals surface area contributed by atoms with E-state index < -0.39 is 0 Å². The Morgan fingerprint density at radius 3 is 2.39 bits per heavy atom. The number of ether oxygens (including phenoxy) is 3. The molecule has 0 radical (unpaired) electrons. The fourth-order valence-electron chi connectivity index (χ4n) is 3.48. The monoisotopic (exact) mass is 413 g/mol. The van der Waals surface area contributed by atoms with E-state index in [1.807, 2.05) is 73.7 Å². The largest absolute Gasteiger partial charge is 0.493 e. The van der Waals surface area contributed by atoms with Crippen molar-refractivity contribution in [1.29, 1.82) is 0 Å². The summed E-state index contributed by atoms with van der Waals surface area (Å²) in [7, 11) is 3.18. The smallest absolute Gasteiger partial charge is 0.339 e. The normalized spacial score (nSPS) is 10.7. The summed E-state index contributed by atoms with van der Waals surface area (Å²) in [6, 6.07) is 22.7. The quantitative estimate of drug-likeness (QED) is 0.386. The van der Waals surface area contributed by atoms with Gasteiger partial charge in [0.1, 0.15) is 6.61 Å². The molecule has 5 heteroatoms. The van der Waals surface area contributed by atoms with Gasteiger partial charge in [-0.25, -0.2) is 9.78 Å². The number of carbonyl (C=O) groups is 1. The molecule has 0 saturated carbocycles. The summed E-state index contributed by atoms with van der Waals surface area (Å²) in [5.74, 6) is 0.840. The number of aryl methyl sites for hydroxylation is 1. The molecule has 1 heterocycles. The highest BCUT2D eigenvalue weighted by Crippen LogP contribution is 2.33. The Morgan fingerprint density at radius 1 is 0.871 bits per heavy atom. The molecule has 5 nitrogen and oxygen atoms in total. The summed E-state index contributed by atoms with van der Waals surface area (Å²) in [5, 5.41) is 0.751. The molecule has 0 aliphatic heterocycles. The lowest BCUT2D eigenvalue weighted by atomic mass is 10.0. The number of hydrogen-bond acceptors (Lipinski definition) is 5. The molecule has 1 aromatic heterocycles. The number of para-hydroxylation sites is 1. The van der Waals surface area contributed by atoms with Crippen molar-refractivity contribution in [2.24, 2.45) is 0 Å². The predicted octanol–water partition coefficient (Wildman–Crippen LogP) is 5.58. The Morgan fingerprint density at radius 2 is 1.61 bits per heavy atom. The van der Waals surface area contributed by atoms with Gasteiger partial charge in [-0.2, -0.15) is 0 Å². The van der Waals surface area contributed by atoms with Crippen LogP contribution in [0.1, 0.15) is 21.5 Å². The van der Waals surface area contributed by atoms with Gasteiger partial charge in [0.2, 0.25) is 0 Å². The van der Waals surface area contributed by atoms with Crippen LogP contribution in [-0.4, -0.2) is 25.2 Å². The summed E-state index contributed by atoms with van der Waals surface area (Å²) in [5.41, 5.74) is 4.73. The van der Waals surface area contributed by atoms with Gasteiger partial charge < -0.3 is 14.2 Å². The van der Waals surface area contributed by atoms with E-state index in [1.165, 1.54) is 0 Å². The van der Waals surface area contributed by atoms with Crippen LogP contribution >= 0.6 is 0 Å². The third-order valence-corrected chi connectivity index (χ3v) is 5.24. The molecule has 0 atom stereocenters. The number of esters is 1. The fraction of sp³-hybridized carbons (Fsp3) is 0.154. The first-order chi connectivity index (χ1) is 15.1. The molecule has 0 N–H and O–H groups in total. The average molecular weight is 413 g/mol. The highest BCUT2D eigenvalue weighted by Gasteiger charge is 2.16. The molecule has 0 aliphatic rings. The predicted molar refractivity (Wildman–Crippen MR) is 121 cm³/mol. The average Bonchev–Trinajstić information content (AvgIpc) is 2.82. The molecule has 31 heavy (non-hydrogen) atoms. The highest BCUT2D eigenvalue weighted by atomic mass is 16.5. The number of rotatable bonds is 6. The van der Waals surface area contributed by atoms with Crippen molar-refractivity contribution in [3.8, 4) is 22.8 Å². The van der Waals surface area contributed by atoms with Gasteiger partial charge in [-0.15, -0.1) is 0 Å². The van der Waals surface area contributed by atoms with Gasteiger partial charge in [0.25, 0.3) is 0 Å².